The maximum atomic E-state index is 8.97. The number of aliphatic hydroxyl groups is 1. The predicted molar refractivity (Wildman–Crippen MR) is 86.2 cm³/mol. The second kappa shape index (κ2) is 8.59. The molecule has 1 saturated heterocycles. The lowest BCUT2D eigenvalue weighted by atomic mass is 10.1. The third-order valence-corrected chi connectivity index (χ3v) is 4.23. The van der Waals surface area contributed by atoms with Crippen LogP contribution in [-0.2, 0) is 0 Å². The first-order chi connectivity index (χ1) is 10.2. The first kappa shape index (κ1) is 16.6. The number of alkyl halides is 1. The summed E-state index contributed by atoms with van der Waals surface area (Å²) in [5, 5.41) is 8.91. The van der Waals surface area contributed by atoms with Gasteiger partial charge in [0.25, 0.3) is 0 Å². The van der Waals surface area contributed by atoms with Gasteiger partial charge >= 0.3 is 0 Å². The number of halogens is 1. The minimum atomic E-state index is -0.0582. The van der Waals surface area contributed by atoms with Gasteiger partial charge in [-0.05, 0) is 13.0 Å². The highest BCUT2D eigenvalue weighted by Crippen LogP contribution is 2.30. The fraction of sp³-hybridized carbons (Fsp3) is 0.625. The maximum absolute atomic E-state index is 8.97. The number of hydrogen-bond acceptors (Lipinski definition) is 4. The fourth-order valence-electron chi connectivity index (χ4n) is 2.69. The van der Waals surface area contributed by atoms with Gasteiger partial charge in [0.15, 0.2) is 0 Å². The first-order valence-corrected chi connectivity index (χ1v) is 8.09. The molecule has 21 heavy (non-hydrogen) atoms. The summed E-state index contributed by atoms with van der Waals surface area (Å²) in [6, 6.07) is 8.01. The number of piperazine rings is 1. The van der Waals surface area contributed by atoms with E-state index in [1.54, 1.807) is 0 Å². The summed E-state index contributed by atoms with van der Waals surface area (Å²) in [6.45, 7) is 8.47. The standard InChI is InChI=1S/C16H25ClN2O2/c1-2-21-16-6-4-3-5-14(16)15(17)13-19-9-7-18(8-10-19)11-12-20/h3-6,15,20H,2,7-13H2,1H3. The van der Waals surface area contributed by atoms with Gasteiger partial charge in [-0.3, -0.25) is 9.80 Å². The SMILES string of the molecule is CCOc1ccccc1C(Cl)CN1CCN(CCO)CC1. The summed E-state index contributed by atoms with van der Waals surface area (Å²) in [5.41, 5.74) is 1.07. The molecule has 1 N–H and O–H groups in total. The lowest BCUT2D eigenvalue weighted by Crippen LogP contribution is -2.47. The molecule has 0 aliphatic carbocycles. The van der Waals surface area contributed by atoms with Crippen molar-refractivity contribution in [3.63, 3.8) is 0 Å². The molecule has 0 aromatic heterocycles. The Labute approximate surface area is 132 Å². The van der Waals surface area contributed by atoms with Crippen molar-refractivity contribution in [3.8, 4) is 5.75 Å². The molecule has 0 bridgehead atoms. The number of nitrogens with zero attached hydrogens (tertiary/aromatic N) is 2. The van der Waals surface area contributed by atoms with Gasteiger partial charge in [-0.25, -0.2) is 0 Å². The third-order valence-electron chi connectivity index (χ3n) is 3.86. The van der Waals surface area contributed by atoms with Crippen LogP contribution in [0.25, 0.3) is 0 Å². The van der Waals surface area contributed by atoms with E-state index in [1.807, 2.05) is 31.2 Å². The second-order valence-electron chi connectivity index (χ2n) is 5.30. The summed E-state index contributed by atoms with van der Waals surface area (Å²) in [6.07, 6.45) is 0. The lowest BCUT2D eigenvalue weighted by Gasteiger charge is -2.35. The fourth-order valence-corrected chi connectivity index (χ4v) is 3.06. The van der Waals surface area contributed by atoms with Gasteiger partial charge in [0, 0.05) is 44.8 Å². The monoisotopic (exact) mass is 312 g/mol. The number of β-amino-alcohol motifs (C(OH)–C–C–N with tert-alkyl or cyclic N) is 1. The van der Waals surface area contributed by atoms with Crippen molar-refractivity contribution in [1.29, 1.82) is 0 Å². The Morgan fingerprint density at radius 3 is 2.52 bits per heavy atom. The van der Waals surface area contributed by atoms with E-state index in [0.29, 0.717) is 6.61 Å². The van der Waals surface area contributed by atoms with Crippen LogP contribution < -0.4 is 4.74 Å². The van der Waals surface area contributed by atoms with Crippen LogP contribution in [0.4, 0.5) is 0 Å². The zero-order chi connectivity index (χ0) is 15.1. The molecule has 118 valence electrons. The molecule has 2 rings (SSSR count). The molecule has 1 aliphatic heterocycles. The van der Waals surface area contributed by atoms with Crippen molar-refractivity contribution < 1.29 is 9.84 Å². The number of ether oxygens (including phenoxy) is 1. The summed E-state index contributed by atoms with van der Waals surface area (Å²) in [5.74, 6) is 0.888. The highest BCUT2D eigenvalue weighted by molar-refractivity contribution is 6.21. The maximum Gasteiger partial charge on any atom is 0.124 e. The van der Waals surface area contributed by atoms with Gasteiger partial charge in [0.05, 0.1) is 18.6 Å². The van der Waals surface area contributed by atoms with E-state index in [2.05, 4.69) is 9.80 Å². The Morgan fingerprint density at radius 2 is 1.86 bits per heavy atom. The van der Waals surface area contributed by atoms with Gasteiger partial charge in [-0.1, -0.05) is 18.2 Å². The average molecular weight is 313 g/mol. The van der Waals surface area contributed by atoms with Gasteiger partial charge in [0.1, 0.15) is 5.75 Å². The number of para-hydroxylation sites is 1. The minimum absolute atomic E-state index is 0.0582. The Morgan fingerprint density at radius 1 is 1.19 bits per heavy atom. The highest BCUT2D eigenvalue weighted by atomic mass is 35.5. The predicted octanol–water partition coefficient (Wildman–Crippen LogP) is 1.98. The third kappa shape index (κ3) is 4.85. The topological polar surface area (TPSA) is 35.9 Å². The number of benzene rings is 1. The minimum Gasteiger partial charge on any atom is -0.494 e. The van der Waals surface area contributed by atoms with Gasteiger partial charge in [-0.2, -0.15) is 0 Å². The van der Waals surface area contributed by atoms with Gasteiger partial charge in [0.2, 0.25) is 0 Å². The smallest absolute Gasteiger partial charge is 0.124 e. The zero-order valence-corrected chi connectivity index (χ0v) is 13.4. The van der Waals surface area contributed by atoms with Crippen molar-refractivity contribution in [2.75, 3.05) is 52.5 Å². The van der Waals surface area contributed by atoms with Crippen LogP contribution in [0, 0.1) is 0 Å². The molecule has 1 aromatic rings. The molecule has 0 spiro atoms. The second-order valence-corrected chi connectivity index (χ2v) is 5.83. The van der Waals surface area contributed by atoms with E-state index >= 15 is 0 Å². The van der Waals surface area contributed by atoms with E-state index in [1.165, 1.54) is 0 Å². The molecule has 4 nitrogen and oxygen atoms in total. The number of aliphatic hydroxyl groups excluding tert-OH is 1. The zero-order valence-electron chi connectivity index (χ0n) is 12.7. The molecule has 1 atom stereocenters. The lowest BCUT2D eigenvalue weighted by molar-refractivity contribution is 0.112. The molecular weight excluding hydrogens is 288 g/mol. The summed E-state index contributed by atoms with van der Waals surface area (Å²) in [4.78, 5) is 4.67. The summed E-state index contributed by atoms with van der Waals surface area (Å²) in [7, 11) is 0. The van der Waals surface area contributed by atoms with Crippen LogP contribution >= 0.6 is 11.6 Å². The van der Waals surface area contributed by atoms with Crippen LogP contribution in [0.3, 0.4) is 0 Å². The van der Waals surface area contributed by atoms with Crippen LogP contribution in [0.2, 0.25) is 0 Å². The number of hydrogen-bond donors (Lipinski definition) is 1. The van der Waals surface area contributed by atoms with Crippen molar-refractivity contribution >= 4 is 11.6 Å². The Bertz CT molecular complexity index is 422. The molecule has 1 fully saturated rings. The quantitative estimate of drug-likeness (QED) is 0.781. The van der Waals surface area contributed by atoms with E-state index in [4.69, 9.17) is 21.4 Å². The molecule has 0 amide bonds. The van der Waals surface area contributed by atoms with E-state index in [0.717, 1.165) is 50.6 Å². The van der Waals surface area contributed by atoms with E-state index in [9.17, 15) is 0 Å². The molecule has 1 aromatic carbocycles. The number of rotatable bonds is 7. The molecule has 5 heteroatoms. The van der Waals surface area contributed by atoms with Crippen LogP contribution in [0.1, 0.15) is 17.9 Å². The van der Waals surface area contributed by atoms with Crippen LogP contribution in [0.15, 0.2) is 24.3 Å². The van der Waals surface area contributed by atoms with Crippen molar-refractivity contribution in [3.05, 3.63) is 29.8 Å². The Balaban J connectivity index is 1.89. The van der Waals surface area contributed by atoms with Gasteiger partial charge < -0.3 is 9.84 Å². The molecule has 0 saturated carbocycles. The molecule has 1 heterocycles. The van der Waals surface area contributed by atoms with Crippen molar-refractivity contribution in [2.24, 2.45) is 0 Å². The largest absolute Gasteiger partial charge is 0.494 e. The van der Waals surface area contributed by atoms with Crippen molar-refractivity contribution in [2.45, 2.75) is 12.3 Å². The highest BCUT2D eigenvalue weighted by Gasteiger charge is 2.21. The summed E-state index contributed by atoms with van der Waals surface area (Å²) >= 11 is 6.60. The van der Waals surface area contributed by atoms with Crippen LogP contribution in [-0.4, -0.2) is 67.4 Å². The summed E-state index contributed by atoms with van der Waals surface area (Å²) < 4.78 is 5.66. The van der Waals surface area contributed by atoms with Crippen molar-refractivity contribution in [1.82, 2.24) is 9.80 Å². The molecule has 1 unspecified atom stereocenters. The molecule has 0 radical (unpaired) electrons. The normalized spacial score (nSPS) is 18.6. The van der Waals surface area contributed by atoms with E-state index in [-0.39, 0.29) is 12.0 Å². The Kier molecular flexibility index (Phi) is 6.77. The van der Waals surface area contributed by atoms with Gasteiger partial charge in [-0.15, -0.1) is 11.6 Å². The van der Waals surface area contributed by atoms with E-state index < -0.39 is 0 Å². The first-order valence-electron chi connectivity index (χ1n) is 7.66. The Hall–Kier alpha value is -0.810. The van der Waals surface area contributed by atoms with Crippen LogP contribution in [0.5, 0.6) is 5.75 Å². The molecule has 1 aliphatic rings. The molecular formula is C16H25ClN2O2. The average Bonchev–Trinajstić information content (AvgIpc) is 2.50.